The van der Waals surface area contributed by atoms with E-state index in [2.05, 4.69) is 117 Å². The molecule has 0 fully saturated rings. The molecule has 0 saturated carbocycles. The molecule has 0 heterocycles. The predicted molar refractivity (Wildman–Crippen MR) is 157 cm³/mol. The van der Waals surface area contributed by atoms with Crippen LogP contribution in [-0.4, -0.2) is 6.54 Å². The van der Waals surface area contributed by atoms with E-state index in [0.29, 0.717) is 12.5 Å². The zero-order valence-corrected chi connectivity index (χ0v) is 21.5. The van der Waals surface area contributed by atoms with Crippen molar-refractivity contribution in [3.8, 4) is 11.1 Å². The minimum Gasteiger partial charge on any atom is -0.327 e. The van der Waals surface area contributed by atoms with Crippen LogP contribution >= 0.6 is 0 Å². The topological polar surface area (TPSA) is 26.0 Å². The van der Waals surface area contributed by atoms with E-state index in [0.717, 1.165) is 12.8 Å². The fourth-order valence-electron chi connectivity index (χ4n) is 6.40. The molecule has 37 heavy (non-hydrogen) atoms. The molecule has 182 valence electrons. The van der Waals surface area contributed by atoms with Gasteiger partial charge in [-0.25, -0.2) is 0 Å². The van der Waals surface area contributed by atoms with Crippen molar-refractivity contribution in [2.45, 2.75) is 25.2 Å². The van der Waals surface area contributed by atoms with Crippen molar-refractivity contribution in [2.75, 3.05) is 6.54 Å². The molecule has 0 bridgehead atoms. The van der Waals surface area contributed by atoms with Crippen molar-refractivity contribution >= 4 is 5.57 Å². The number of hydrogen-bond donors (Lipinski definition) is 1. The molecule has 0 spiro atoms. The van der Waals surface area contributed by atoms with Gasteiger partial charge >= 0.3 is 0 Å². The van der Waals surface area contributed by atoms with E-state index in [4.69, 9.17) is 5.73 Å². The molecule has 6 rings (SSSR count). The Morgan fingerprint density at radius 2 is 1.46 bits per heavy atom. The standard InChI is InChI=1S/C36H33N/c1-4-27-22-32(27)24(2)17-18-25(3)36(33-14-8-5-11-29(33)28-20-19-26(21-28)23-37)34-15-9-6-12-30(34)31-13-7-10-16-35(31)36/h4-16,18-20,22,27H,1-2,17,21,23,37H2,3H3/b25-18+. The molecule has 1 heteroatoms. The van der Waals surface area contributed by atoms with Crippen LogP contribution in [0.5, 0.6) is 0 Å². The molecule has 1 unspecified atom stereocenters. The molecule has 0 aromatic heterocycles. The number of fused-ring (bicyclic) bond motifs is 3. The highest BCUT2D eigenvalue weighted by atomic mass is 14.5. The lowest BCUT2D eigenvalue weighted by atomic mass is 9.65. The fourth-order valence-corrected chi connectivity index (χ4v) is 6.40. The second kappa shape index (κ2) is 9.18. The van der Waals surface area contributed by atoms with Crippen LogP contribution in [0.25, 0.3) is 16.7 Å². The van der Waals surface area contributed by atoms with E-state index in [1.165, 1.54) is 61.2 Å². The van der Waals surface area contributed by atoms with Gasteiger partial charge in [-0.2, -0.15) is 0 Å². The summed E-state index contributed by atoms with van der Waals surface area (Å²) in [5, 5.41) is 0. The van der Waals surface area contributed by atoms with Gasteiger partial charge < -0.3 is 5.73 Å². The Kier molecular flexibility index (Phi) is 5.82. The van der Waals surface area contributed by atoms with Gasteiger partial charge in [0.05, 0.1) is 5.41 Å². The molecule has 0 amide bonds. The summed E-state index contributed by atoms with van der Waals surface area (Å²) in [6.45, 7) is 11.3. The Hall–Kier alpha value is -3.94. The molecule has 3 aromatic carbocycles. The molecule has 3 aliphatic rings. The Morgan fingerprint density at radius 1 is 0.892 bits per heavy atom. The SMILES string of the molecule is C=CC1C=C1C(=C)C/C=C(\C)C1(c2ccccc2C2=CC=C(CN)C2)c2ccccc2-c2ccccc21. The highest BCUT2D eigenvalue weighted by molar-refractivity contribution is 5.88. The lowest BCUT2D eigenvalue weighted by Crippen LogP contribution is -2.30. The molecule has 0 aliphatic heterocycles. The van der Waals surface area contributed by atoms with Gasteiger partial charge in [0.15, 0.2) is 0 Å². The molecular formula is C36H33N. The third-order valence-electron chi connectivity index (χ3n) is 8.35. The summed E-state index contributed by atoms with van der Waals surface area (Å²) in [7, 11) is 0. The summed E-state index contributed by atoms with van der Waals surface area (Å²) in [5.41, 5.74) is 20.1. The fraction of sp³-hybridized carbons (Fsp3) is 0.167. The summed E-state index contributed by atoms with van der Waals surface area (Å²) < 4.78 is 0. The summed E-state index contributed by atoms with van der Waals surface area (Å²) in [4.78, 5) is 0. The lowest BCUT2D eigenvalue weighted by molar-refractivity contribution is 0.738. The number of benzene rings is 3. The average molecular weight is 480 g/mol. The van der Waals surface area contributed by atoms with E-state index in [9.17, 15) is 0 Å². The van der Waals surface area contributed by atoms with Crippen LogP contribution in [0.4, 0.5) is 0 Å². The number of hydrogen-bond acceptors (Lipinski definition) is 1. The molecule has 1 nitrogen and oxygen atoms in total. The van der Waals surface area contributed by atoms with Crippen LogP contribution in [0.2, 0.25) is 0 Å². The van der Waals surface area contributed by atoms with E-state index in [1.807, 2.05) is 6.08 Å². The van der Waals surface area contributed by atoms with Crippen LogP contribution in [0.15, 0.2) is 139 Å². The zero-order chi connectivity index (χ0) is 25.6. The monoisotopic (exact) mass is 479 g/mol. The van der Waals surface area contributed by atoms with E-state index >= 15 is 0 Å². The lowest BCUT2D eigenvalue weighted by Gasteiger charge is -2.36. The summed E-state index contributed by atoms with van der Waals surface area (Å²) in [5.74, 6) is 0.391. The van der Waals surface area contributed by atoms with Gasteiger partial charge in [0.2, 0.25) is 0 Å². The molecule has 0 radical (unpaired) electrons. The van der Waals surface area contributed by atoms with Crippen molar-refractivity contribution < 1.29 is 0 Å². The van der Waals surface area contributed by atoms with Crippen molar-refractivity contribution in [3.05, 3.63) is 161 Å². The average Bonchev–Trinajstić information content (AvgIpc) is 3.48. The first-order chi connectivity index (χ1) is 18.1. The van der Waals surface area contributed by atoms with Crippen molar-refractivity contribution in [1.29, 1.82) is 0 Å². The largest absolute Gasteiger partial charge is 0.327 e. The Labute approximate surface area is 220 Å². The molecule has 0 saturated heterocycles. The second-order valence-electron chi connectivity index (χ2n) is 10.4. The van der Waals surface area contributed by atoms with Crippen LogP contribution < -0.4 is 5.73 Å². The van der Waals surface area contributed by atoms with Gasteiger partial charge in [-0.05, 0) is 69.9 Å². The highest BCUT2D eigenvalue weighted by Gasteiger charge is 2.47. The molecule has 3 aliphatic carbocycles. The minimum absolute atomic E-state index is 0.383. The maximum absolute atomic E-state index is 6.02. The van der Waals surface area contributed by atoms with Crippen LogP contribution in [-0.2, 0) is 5.41 Å². The van der Waals surface area contributed by atoms with Crippen molar-refractivity contribution in [2.24, 2.45) is 11.7 Å². The zero-order valence-electron chi connectivity index (χ0n) is 21.5. The number of nitrogens with two attached hydrogens (primary N) is 1. The smallest absolute Gasteiger partial charge is 0.0676 e. The maximum atomic E-state index is 6.02. The van der Waals surface area contributed by atoms with E-state index < -0.39 is 0 Å². The first-order valence-electron chi connectivity index (χ1n) is 13.2. The van der Waals surface area contributed by atoms with Gasteiger partial charge in [-0.15, -0.1) is 6.58 Å². The van der Waals surface area contributed by atoms with Crippen LogP contribution in [0, 0.1) is 5.92 Å². The minimum atomic E-state index is -0.383. The van der Waals surface area contributed by atoms with Crippen LogP contribution in [0.3, 0.4) is 0 Å². The molecule has 1 atom stereocenters. The maximum Gasteiger partial charge on any atom is 0.0676 e. The molecular weight excluding hydrogens is 446 g/mol. The van der Waals surface area contributed by atoms with Crippen LogP contribution in [0.1, 0.15) is 42.0 Å². The molecule has 3 aromatic rings. The van der Waals surface area contributed by atoms with E-state index in [-0.39, 0.29) is 5.41 Å². The first kappa shape index (κ1) is 23.5. The summed E-state index contributed by atoms with van der Waals surface area (Å²) >= 11 is 0. The Morgan fingerprint density at radius 3 is 2.00 bits per heavy atom. The van der Waals surface area contributed by atoms with E-state index in [1.54, 1.807) is 0 Å². The third-order valence-corrected chi connectivity index (χ3v) is 8.35. The predicted octanol–water partition coefficient (Wildman–Crippen LogP) is 8.31. The van der Waals surface area contributed by atoms with Crippen molar-refractivity contribution in [1.82, 2.24) is 0 Å². The van der Waals surface area contributed by atoms with Gasteiger partial charge in [-0.3, -0.25) is 0 Å². The Balaban J connectivity index is 1.56. The number of rotatable bonds is 8. The first-order valence-corrected chi connectivity index (χ1v) is 13.2. The Bertz CT molecular complexity index is 1510. The third kappa shape index (κ3) is 3.65. The molecule has 2 N–H and O–H groups in total. The van der Waals surface area contributed by atoms with Gasteiger partial charge in [0.25, 0.3) is 0 Å². The summed E-state index contributed by atoms with van der Waals surface area (Å²) in [6, 6.07) is 26.8. The van der Waals surface area contributed by atoms with Gasteiger partial charge in [0.1, 0.15) is 0 Å². The summed E-state index contributed by atoms with van der Waals surface area (Å²) in [6.07, 6.45) is 12.8. The van der Waals surface area contributed by atoms with Gasteiger partial charge in [-0.1, -0.05) is 121 Å². The second-order valence-corrected chi connectivity index (χ2v) is 10.4. The highest BCUT2D eigenvalue weighted by Crippen LogP contribution is 2.57. The normalized spacial score (nSPS) is 18.9. The quantitative estimate of drug-likeness (QED) is 0.323. The van der Waals surface area contributed by atoms with Gasteiger partial charge in [0, 0.05) is 12.5 Å². The van der Waals surface area contributed by atoms with Crippen molar-refractivity contribution in [3.63, 3.8) is 0 Å². The number of allylic oxidation sites excluding steroid dienone is 9.